The van der Waals surface area contributed by atoms with Crippen molar-refractivity contribution in [2.45, 2.75) is 32.1 Å². The van der Waals surface area contributed by atoms with Crippen LogP contribution in [0.3, 0.4) is 0 Å². The van der Waals surface area contributed by atoms with Crippen LogP contribution in [-0.2, 0) is 4.79 Å². The molecule has 0 bridgehead atoms. The topological polar surface area (TPSA) is 20.3 Å². The molecule has 2 saturated carbocycles. The molecule has 2 atom stereocenters. The largest absolute Gasteiger partial charge is 0.319 e. The SMILES string of the molecule is O=CN1CCCCCC1=C1C2CC12. The molecular weight excluding hydrogens is 162 g/mol. The lowest BCUT2D eigenvalue weighted by Gasteiger charge is -2.18. The van der Waals surface area contributed by atoms with Crippen molar-refractivity contribution in [3.05, 3.63) is 11.3 Å². The van der Waals surface area contributed by atoms with E-state index in [9.17, 15) is 4.79 Å². The molecule has 0 N–H and O–H groups in total. The van der Waals surface area contributed by atoms with Gasteiger partial charge in [0.25, 0.3) is 0 Å². The summed E-state index contributed by atoms with van der Waals surface area (Å²) in [6.07, 6.45) is 7.35. The van der Waals surface area contributed by atoms with E-state index >= 15 is 0 Å². The second-order valence-corrected chi connectivity index (χ2v) is 4.46. The standard InChI is InChI=1S/C11H15NO/c13-7-12-5-3-1-2-4-10(12)11-8-6-9(8)11/h7-9H,1-6H2. The van der Waals surface area contributed by atoms with E-state index in [2.05, 4.69) is 0 Å². The van der Waals surface area contributed by atoms with Crippen molar-refractivity contribution >= 4 is 6.41 Å². The van der Waals surface area contributed by atoms with Gasteiger partial charge in [0, 0.05) is 12.2 Å². The van der Waals surface area contributed by atoms with Crippen LogP contribution in [-0.4, -0.2) is 17.9 Å². The molecule has 3 fully saturated rings. The number of hydrogen-bond donors (Lipinski definition) is 0. The summed E-state index contributed by atoms with van der Waals surface area (Å²) in [4.78, 5) is 12.8. The van der Waals surface area contributed by atoms with Crippen molar-refractivity contribution in [2.24, 2.45) is 11.8 Å². The number of allylic oxidation sites excluding steroid dienone is 2. The number of carbonyl (C=O) groups is 1. The molecule has 13 heavy (non-hydrogen) atoms. The van der Waals surface area contributed by atoms with E-state index in [4.69, 9.17) is 0 Å². The molecule has 2 aliphatic carbocycles. The predicted octanol–water partition coefficient (Wildman–Crippen LogP) is 1.92. The fourth-order valence-corrected chi connectivity index (χ4v) is 2.55. The molecule has 70 valence electrons. The highest BCUT2D eigenvalue weighted by Crippen LogP contribution is 2.69. The first kappa shape index (κ1) is 7.60. The maximum Gasteiger partial charge on any atom is 0.213 e. The number of rotatable bonds is 1. The lowest BCUT2D eigenvalue weighted by molar-refractivity contribution is -0.116. The molecule has 0 spiro atoms. The Morgan fingerprint density at radius 3 is 2.69 bits per heavy atom. The fraction of sp³-hybridized carbons (Fsp3) is 0.727. The highest BCUT2D eigenvalue weighted by atomic mass is 16.1. The van der Waals surface area contributed by atoms with Gasteiger partial charge in [-0.15, -0.1) is 0 Å². The molecule has 1 amide bonds. The second kappa shape index (κ2) is 2.60. The molecule has 2 heteroatoms. The zero-order chi connectivity index (χ0) is 8.84. The van der Waals surface area contributed by atoms with E-state index in [0.29, 0.717) is 0 Å². The number of fused-ring (bicyclic) bond motifs is 1. The summed E-state index contributed by atoms with van der Waals surface area (Å²) in [5.74, 6) is 1.83. The lowest BCUT2D eigenvalue weighted by Crippen LogP contribution is -2.21. The van der Waals surface area contributed by atoms with E-state index in [1.807, 2.05) is 4.90 Å². The van der Waals surface area contributed by atoms with Gasteiger partial charge >= 0.3 is 0 Å². The zero-order valence-corrected chi connectivity index (χ0v) is 7.83. The number of nitrogens with zero attached hydrogens (tertiary/aromatic N) is 1. The van der Waals surface area contributed by atoms with Crippen molar-refractivity contribution < 1.29 is 4.79 Å². The summed E-state index contributed by atoms with van der Waals surface area (Å²) in [5.41, 5.74) is 3.03. The molecule has 1 saturated heterocycles. The van der Waals surface area contributed by atoms with Gasteiger partial charge in [0.05, 0.1) is 0 Å². The minimum atomic E-state index is 0.913. The fourth-order valence-electron chi connectivity index (χ4n) is 2.55. The monoisotopic (exact) mass is 177 g/mol. The molecule has 2 nitrogen and oxygen atoms in total. The summed E-state index contributed by atoms with van der Waals surface area (Å²) < 4.78 is 0. The van der Waals surface area contributed by atoms with E-state index in [1.165, 1.54) is 31.4 Å². The summed E-state index contributed by atoms with van der Waals surface area (Å²) in [6.45, 7) is 0.960. The molecule has 2 unspecified atom stereocenters. The van der Waals surface area contributed by atoms with Crippen LogP contribution >= 0.6 is 0 Å². The van der Waals surface area contributed by atoms with Gasteiger partial charge in [-0.05, 0) is 43.1 Å². The number of amides is 1. The van der Waals surface area contributed by atoms with Crippen molar-refractivity contribution in [1.82, 2.24) is 4.90 Å². The molecule has 3 aliphatic rings. The quantitative estimate of drug-likeness (QED) is 0.560. The Bertz CT molecular complexity index is 272. The van der Waals surface area contributed by atoms with Gasteiger partial charge in [-0.1, -0.05) is 6.42 Å². The van der Waals surface area contributed by atoms with Crippen LogP contribution in [0.2, 0.25) is 0 Å². The molecule has 0 aromatic heterocycles. The Balaban J connectivity index is 1.85. The summed E-state index contributed by atoms with van der Waals surface area (Å²) in [6, 6.07) is 0. The molecule has 0 aromatic rings. The molecule has 1 heterocycles. The number of hydrogen-bond acceptors (Lipinski definition) is 1. The minimum Gasteiger partial charge on any atom is -0.319 e. The van der Waals surface area contributed by atoms with Gasteiger partial charge in [0.15, 0.2) is 0 Å². The zero-order valence-electron chi connectivity index (χ0n) is 7.83. The third-order valence-corrected chi connectivity index (χ3v) is 3.60. The maximum atomic E-state index is 10.9. The van der Waals surface area contributed by atoms with Crippen LogP contribution in [0.15, 0.2) is 11.3 Å². The Hall–Kier alpha value is -0.790. The van der Waals surface area contributed by atoms with Gasteiger partial charge in [0.1, 0.15) is 0 Å². The summed E-state index contributed by atoms with van der Waals surface area (Å²) >= 11 is 0. The normalized spacial score (nSPS) is 36.8. The molecule has 3 rings (SSSR count). The predicted molar refractivity (Wildman–Crippen MR) is 49.9 cm³/mol. The van der Waals surface area contributed by atoms with Gasteiger partial charge in [-0.3, -0.25) is 4.79 Å². The Morgan fingerprint density at radius 1 is 1.23 bits per heavy atom. The van der Waals surface area contributed by atoms with E-state index in [0.717, 1.165) is 31.2 Å². The van der Waals surface area contributed by atoms with Crippen LogP contribution < -0.4 is 0 Å². The number of carbonyl (C=O) groups excluding carboxylic acids is 1. The van der Waals surface area contributed by atoms with E-state index in [1.54, 1.807) is 5.57 Å². The Labute approximate surface area is 78.6 Å². The van der Waals surface area contributed by atoms with Crippen LogP contribution in [0.25, 0.3) is 0 Å². The van der Waals surface area contributed by atoms with Crippen molar-refractivity contribution in [3.8, 4) is 0 Å². The molecular formula is C11H15NO. The van der Waals surface area contributed by atoms with Gasteiger partial charge < -0.3 is 4.90 Å². The Morgan fingerprint density at radius 2 is 2.08 bits per heavy atom. The van der Waals surface area contributed by atoms with Gasteiger partial charge in [-0.2, -0.15) is 0 Å². The van der Waals surface area contributed by atoms with Crippen molar-refractivity contribution in [1.29, 1.82) is 0 Å². The van der Waals surface area contributed by atoms with Crippen molar-refractivity contribution in [3.63, 3.8) is 0 Å². The number of likely N-dealkylation sites (tertiary alicyclic amines) is 1. The van der Waals surface area contributed by atoms with E-state index in [-0.39, 0.29) is 0 Å². The molecule has 0 aromatic carbocycles. The summed E-state index contributed by atoms with van der Waals surface area (Å²) in [5, 5.41) is 0. The minimum absolute atomic E-state index is 0.913. The summed E-state index contributed by atoms with van der Waals surface area (Å²) in [7, 11) is 0. The third kappa shape index (κ3) is 1.11. The second-order valence-electron chi connectivity index (χ2n) is 4.46. The first-order chi connectivity index (χ1) is 6.42. The first-order valence-electron chi connectivity index (χ1n) is 5.36. The van der Waals surface area contributed by atoms with E-state index < -0.39 is 0 Å². The van der Waals surface area contributed by atoms with Crippen LogP contribution in [0, 0.1) is 11.8 Å². The molecule has 0 radical (unpaired) electrons. The molecule has 1 aliphatic heterocycles. The smallest absolute Gasteiger partial charge is 0.213 e. The average molecular weight is 177 g/mol. The average Bonchev–Trinajstić information content (AvgIpc) is 2.97. The van der Waals surface area contributed by atoms with Gasteiger partial charge in [-0.25, -0.2) is 0 Å². The van der Waals surface area contributed by atoms with Crippen LogP contribution in [0.4, 0.5) is 0 Å². The van der Waals surface area contributed by atoms with Crippen molar-refractivity contribution in [2.75, 3.05) is 6.54 Å². The highest BCUT2D eigenvalue weighted by molar-refractivity contribution is 5.56. The third-order valence-electron chi connectivity index (χ3n) is 3.60. The van der Waals surface area contributed by atoms with Gasteiger partial charge in [0.2, 0.25) is 6.41 Å². The highest BCUT2D eigenvalue weighted by Gasteiger charge is 2.61. The maximum absolute atomic E-state index is 10.9. The Kier molecular flexibility index (Phi) is 1.52. The lowest BCUT2D eigenvalue weighted by atomic mass is 10.1. The van der Waals surface area contributed by atoms with Crippen LogP contribution in [0.5, 0.6) is 0 Å². The van der Waals surface area contributed by atoms with Crippen LogP contribution in [0.1, 0.15) is 32.1 Å². The first-order valence-corrected chi connectivity index (χ1v) is 5.36.